The number of hydrogen-bond donors (Lipinski definition) is 3. The average molecular weight is 279 g/mol. The Morgan fingerprint density at radius 2 is 2.25 bits per heavy atom. The van der Waals surface area contributed by atoms with Gasteiger partial charge in [0.2, 0.25) is 5.89 Å². The number of nitrogens with zero attached hydrogens (tertiary/aromatic N) is 2. The lowest BCUT2D eigenvalue weighted by molar-refractivity contribution is 0.100. The Morgan fingerprint density at radius 1 is 1.50 bits per heavy atom. The molecule has 0 aliphatic heterocycles. The third-order valence-electron chi connectivity index (χ3n) is 2.63. The number of rotatable bonds is 5. The molecule has 0 radical (unpaired) electrons. The lowest BCUT2D eigenvalue weighted by atomic mass is 10.1. The molecule has 7 nitrogen and oxygen atoms in total. The lowest BCUT2D eigenvalue weighted by Gasteiger charge is -2.09. The fraction of sp³-hybridized carbons (Fsp3) is 0.250. The number of carbonyl (C=O) groups is 1. The molecule has 2 aromatic rings. The van der Waals surface area contributed by atoms with E-state index in [-0.39, 0.29) is 16.9 Å². The fourth-order valence-electron chi connectivity index (χ4n) is 1.68. The van der Waals surface area contributed by atoms with Crippen molar-refractivity contribution in [2.24, 2.45) is 5.73 Å². The van der Waals surface area contributed by atoms with Crippen LogP contribution in [0.2, 0.25) is 0 Å². The monoisotopic (exact) mass is 279 g/mol. The van der Waals surface area contributed by atoms with Crippen LogP contribution >= 0.6 is 0 Å². The molecule has 1 heterocycles. The Morgan fingerprint density at radius 3 is 2.85 bits per heavy atom. The first kappa shape index (κ1) is 13.8. The number of nitrogens with two attached hydrogens (primary N) is 2. The minimum atomic E-state index is -0.710. The van der Waals surface area contributed by atoms with E-state index in [4.69, 9.17) is 16.0 Å². The van der Waals surface area contributed by atoms with Crippen molar-refractivity contribution in [1.29, 1.82) is 0 Å². The lowest BCUT2D eigenvalue weighted by Crippen LogP contribution is -2.15. The van der Waals surface area contributed by atoms with Gasteiger partial charge in [-0.2, -0.15) is 4.98 Å². The molecule has 1 aromatic heterocycles. The van der Waals surface area contributed by atoms with Gasteiger partial charge in [-0.25, -0.2) is 4.39 Å². The van der Waals surface area contributed by atoms with Crippen LogP contribution in [-0.4, -0.2) is 22.6 Å². The molecule has 0 atom stereocenters. The van der Waals surface area contributed by atoms with Crippen LogP contribution in [0.3, 0.4) is 0 Å². The molecule has 1 amide bonds. The summed E-state index contributed by atoms with van der Waals surface area (Å²) < 4.78 is 18.6. The van der Waals surface area contributed by atoms with Gasteiger partial charge in [0, 0.05) is 18.7 Å². The fourth-order valence-corrected chi connectivity index (χ4v) is 1.68. The van der Waals surface area contributed by atoms with Gasteiger partial charge in [0.15, 0.2) is 5.82 Å². The van der Waals surface area contributed by atoms with Gasteiger partial charge >= 0.3 is 0 Å². The molecule has 0 bridgehead atoms. The quantitative estimate of drug-likeness (QED) is 0.698. The zero-order valence-electron chi connectivity index (χ0n) is 10.8. The van der Waals surface area contributed by atoms with Gasteiger partial charge in [-0.15, -0.1) is 0 Å². The van der Waals surface area contributed by atoms with E-state index in [1.165, 1.54) is 6.07 Å². The average Bonchev–Trinajstić information content (AvgIpc) is 2.77. The smallest absolute Gasteiger partial charge is 0.250 e. The van der Waals surface area contributed by atoms with Crippen LogP contribution in [0.15, 0.2) is 16.7 Å². The summed E-state index contributed by atoms with van der Waals surface area (Å²) in [4.78, 5) is 15.2. The Balaban J connectivity index is 2.05. The van der Waals surface area contributed by atoms with Gasteiger partial charge in [0.1, 0.15) is 5.82 Å². The van der Waals surface area contributed by atoms with Crippen LogP contribution in [0.25, 0.3) is 0 Å². The minimum absolute atomic E-state index is 0.00748. The van der Waals surface area contributed by atoms with E-state index in [1.54, 1.807) is 6.92 Å². The predicted molar refractivity (Wildman–Crippen MR) is 70.6 cm³/mol. The number of hydrogen-bond acceptors (Lipinski definition) is 6. The normalized spacial score (nSPS) is 10.5. The molecule has 106 valence electrons. The molecule has 0 saturated heterocycles. The second-order valence-electron chi connectivity index (χ2n) is 4.20. The SMILES string of the molecule is Cc1noc(CCNc2cc(C(N)=O)c(N)cc2F)n1. The van der Waals surface area contributed by atoms with E-state index in [0.29, 0.717) is 24.7 Å². The number of benzene rings is 1. The van der Waals surface area contributed by atoms with E-state index in [1.807, 2.05) is 0 Å². The Kier molecular flexibility index (Phi) is 3.83. The maximum atomic E-state index is 13.7. The third-order valence-corrected chi connectivity index (χ3v) is 2.63. The summed E-state index contributed by atoms with van der Waals surface area (Å²) in [6, 6.07) is 2.34. The first-order valence-corrected chi connectivity index (χ1v) is 5.89. The second-order valence-corrected chi connectivity index (χ2v) is 4.20. The van der Waals surface area contributed by atoms with E-state index >= 15 is 0 Å². The molecular weight excluding hydrogens is 265 g/mol. The minimum Gasteiger partial charge on any atom is -0.398 e. The van der Waals surface area contributed by atoms with E-state index < -0.39 is 11.7 Å². The topological polar surface area (TPSA) is 120 Å². The van der Waals surface area contributed by atoms with Crippen LogP contribution in [0, 0.1) is 12.7 Å². The molecule has 0 saturated carbocycles. The van der Waals surface area contributed by atoms with Crippen molar-refractivity contribution in [3.8, 4) is 0 Å². The predicted octanol–water partition coefficient (Wildman–Crippen LogP) is 0.853. The van der Waals surface area contributed by atoms with E-state index in [9.17, 15) is 9.18 Å². The Bertz CT molecular complexity index is 641. The number of primary amides is 1. The number of nitrogen functional groups attached to an aromatic ring is 1. The van der Waals surface area contributed by atoms with Crippen molar-refractivity contribution in [1.82, 2.24) is 10.1 Å². The molecule has 20 heavy (non-hydrogen) atoms. The van der Waals surface area contributed by atoms with Crippen LogP contribution in [0.4, 0.5) is 15.8 Å². The van der Waals surface area contributed by atoms with Crippen LogP contribution < -0.4 is 16.8 Å². The molecule has 0 aliphatic carbocycles. The van der Waals surface area contributed by atoms with Crippen molar-refractivity contribution < 1.29 is 13.7 Å². The maximum absolute atomic E-state index is 13.7. The summed E-state index contributed by atoms with van der Waals surface area (Å²) in [5.74, 6) is -0.289. The number of carbonyl (C=O) groups excluding carboxylic acids is 1. The summed E-state index contributed by atoms with van der Waals surface area (Å²) >= 11 is 0. The van der Waals surface area contributed by atoms with Gasteiger partial charge in [-0.3, -0.25) is 4.79 Å². The molecule has 8 heteroatoms. The highest BCUT2D eigenvalue weighted by Crippen LogP contribution is 2.21. The van der Waals surface area contributed by atoms with Crippen molar-refractivity contribution in [3.63, 3.8) is 0 Å². The molecule has 0 fully saturated rings. The molecule has 5 N–H and O–H groups in total. The molecule has 0 spiro atoms. The summed E-state index contributed by atoms with van der Waals surface area (Å²) in [6.45, 7) is 2.07. The summed E-state index contributed by atoms with van der Waals surface area (Å²) in [7, 11) is 0. The summed E-state index contributed by atoms with van der Waals surface area (Å²) in [6.07, 6.45) is 0.427. The highest BCUT2D eigenvalue weighted by atomic mass is 19.1. The first-order valence-electron chi connectivity index (χ1n) is 5.89. The summed E-state index contributed by atoms with van der Waals surface area (Å²) in [5, 5.41) is 6.47. The van der Waals surface area contributed by atoms with Gasteiger partial charge in [-0.1, -0.05) is 5.16 Å². The second kappa shape index (κ2) is 5.55. The maximum Gasteiger partial charge on any atom is 0.250 e. The van der Waals surface area contributed by atoms with Crippen LogP contribution in [0.1, 0.15) is 22.1 Å². The number of anilines is 2. The number of nitrogens with one attached hydrogen (secondary N) is 1. The van der Waals surface area contributed by atoms with Crippen molar-refractivity contribution >= 4 is 17.3 Å². The standard InChI is InChI=1S/C12H14FN5O2/c1-6-17-11(20-18-6)2-3-16-10-4-7(12(15)19)9(14)5-8(10)13/h4-5,16H,2-3,14H2,1H3,(H2,15,19). The first-order chi connectivity index (χ1) is 9.47. The molecule has 2 rings (SSSR count). The zero-order valence-corrected chi connectivity index (χ0v) is 10.8. The van der Waals surface area contributed by atoms with Crippen molar-refractivity contribution in [2.75, 3.05) is 17.6 Å². The Labute approximate surface area is 114 Å². The van der Waals surface area contributed by atoms with Gasteiger partial charge in [-0.05, 0) is 19.1 Å². The number of aromatic nitrogens is 2. The van der Waals surface area contributed by atoms with Gasteiger partial charge in [0.05, 0.1) is 11.3 Å². The van der Waals surface area contributed by atoms with E-state index in [2.05, 4.69) is 15.5 Å². The summed E-state index contributed by atoms with van der Waals surface area (Å²) in [5.41, 5.74) is 10.9. The number of halogens is 1. The highest BCUT2D eigenvalue weighted by molar-refractivity contribution is 5.99. The molecule has 1 aromatic carbocycles. The molecular formula is C12H14FN5O2. The van der Waals surface area contributed by atoms with Crippen LogP contribution in [-0.2, 0) is 6.42 Å². The number of aryl methyl sites for hydroxylation is 1. The number of amides is 1. The Hall–Kier alpha value is -2.64. The van der Waals surface area contributed by atoms with Crippen LogP contribution in [0.5, 0.6) is 0 Å². The molecule has 0 aliphatic rings. The van der Waals surface area contributed by atoms with Crippen molar-refractivity contribution in [3.05, 3.63) is 35.2 Å². The van der Waals surface area contributed by atoms with E-state index in [0.717, 1.165) is 6.07 Å². The third kappa shape index (κ3) is 3.02. The zero-order chi connectivity index (χ0) is 14.7. The van der Waals surface area contributed by atoms with Crippen molar-refractivity contribution in [2.45, 2.75) is 13.3 Å². The molecule has 0 unspecified atom stereocenters. The van der Waals surface area contributed by atoms with Gasteiger partial charge < -0.3 is 21.3 Å². The highest BCUT2D eigenvalue weighted by Gasteiger charge is 2.12. The largest absolute Gasteiger partial charge is 0.398 e. The van der Waals surface area contributed by atoms with Gasteiger partial charge in [0.25, 0.3) is 5.91 Å².